The zero-order valence-corrected chi connectivity index (χ0v) is 17.3. The molecule has 0 N–H and O–H groups in total. The van der Waals surface area contributed by atoms with Crippen molar-refractivity contribution in [3.63, 3.8) is 0 Å². The van der Waals surface area contributed by atoms with Crippen molar-refractivity contribution in [1.29, 1.82) is 0 Å². The van der Waals surface area contributed by atoms with Gasteiger partial charge >= 0.3 is 0 Å². The van der Waals surface area contributed by atoms with Crippen LogP contribution in [0.15, 0.2) is 30.3 Å². The van der Waals surface area contributed by atoms with Crippen molar-refractivity contribution in [2.75, 3.05) is 32.8 Å². The molecule has 3 heterocycles. The fraction of sp³-hybridized carbons (Fsp3) is 0.350. The molecule has 1 fully saturated rings. The van der Waals surface area contributed by atoms with Gasteiger partial charge in [0.25, 0.3) is 0 Å². The second kappa shape index (κ2) is 7.94. The van der Waals surface area contributed by atoms with Crippen molar-refractivity contribution in [3.05, 3.63) is 56.5 Å². The highest BCUT2D eigenvalue weighted by Gasteiger charge is 2.19. The number of hydrogen-bond donors (Lipinski definition) is 0. The van der Waals surface area contributed by atoms with E-state index in [4.69, 9.17) is 27.9 Å². The van der Waals surface area contributed by atoms with Gasteiger partial charge in [0.15, 0.2) is 0 Å². The predicted molar refractivity (Wildman–Crippen MR) is 112 cm³/mol. The monoisotopic (exact) mass is 422 g/mol. The first-order valence-corrected chi connectivity index (χ1v) is 10.5. The van der Waals surface area contributed by atoms with Crippen molar-refractivity contribution in [1.82, 2.24) is 9.47 Å². The van der Waals surface area contributed by atoms with Crippen LogP contribution in [0.25, 0.3) is 10.2 Å². The van der Waals surface area contributed by atoms with Gasteiger partial charge in [0.05, 0.1) is 23.1 Å². The molecule has 1 aromatic carbocycles. The van der Waals surface area contributed by atoms with Gasteiger partial charge < -0.3 is 9.30 Å². The molecule has 4 nitrogen and oxygen atoms in total. The van der Waals surface area contributed by atoms with Crippen LogP contribution in [0.3, 0.4) is 0 Å². The minimum atomic E-state index is -0.0600. The van der Waals surface area contributed by atoms with Gasteiger partial charge in [-0.3, -0.25) is 9.69 Å². The molecule has 2 aromatic heterocycles. The van der Waals surface area contributed by atoms with Crippen LogP contribution in [-0.2, 0) is 11.3 Å². The molecule has 0 saturated carbocycles. The van der Waals surface area contributed by atoms with Crippen LogP contribution in [0.5, 0.6) is 0 Å². The number of morpholine rings is 1. The highest BCUT2D eigenvalue weighted by molar-refractivity contribution is 7.20. The number of carbonyl (C=O) groups is 1. The molecule has 1 aliphatic heterocycles. The van der Waals surface area contributed by atoms with Crippen molar-refractivity contribution < 1.29 is 9.53 Å². The molecule has 7 heteroatoms. The van der Waals surface area contributed by atoms with Gasteiger partial charge in [-0.1, -0.05) is 23.2 Å². The summed E-state index contributed by atoms with van der Waals surface area (Å²) < 4.78 is 7.72. The molecule has 0 bridgehead atoms. The van der Waals surface area contributed by atoms with Gasteiger partial charge in [0.2, 0.25) is 5.78 Å². The SMILES string of the molecule is Cc1cc2cc(C(=O)c3ccc(Cl)cc3Cl)sc2n1CCN1CCOCC1. The quantitative estimate of drug-likeness (QED) is 0.549. The van der Waals surface area contributed by atoms with E-state index < -0.39 is 0 Å². The zero-order chi connectivity index (χ0) is 19.0. The average Bonchev–Trinajstić information content (AvgIpc) is 3.17. The number of halogens is 2. The van der Waals surface area contributed by atoms with E-state index in [1.807, 2.05) is 6.07 Å². The summed E-state index contributed by atoms with van der Waals surface area (Å²) in [5.74, 6) is -0.0600. The van der Waals surface area contributed by atoms with Crippen molar-refractivity contribution in [2.24, 2.45) is 0 Å². The maximum Gasteiger partial charge on any atom is 0.204 e. The number of nitrogens with zero attached hydrogens (tertiary/aromatic N) is 2. The maximum atomic E-state index is 12.9. The highest BCUT2D eigenvalue weighted by atomic mass is 35.5. The number of aryl methyl sites for hydroxylation is 1. The Morgan fingerprint density at radius 2 is 1.93 bits per heavy atom. The Morgan fingerprint density at radius 3 is 2.67 bits per heavy atom. The van der Waals surface area contributed by atoms with Crippen LogP contribution >= 0.6 is 34.5 Å². The minimum absolute atomic E-state index is 0.0600. The lowest BCUT2D eigenvalue weighted by Crippen LogP contribution is -2.38. The Labute approximate surface area is 172 Å². The van der Waals surface area contributed by atoms with E-state index >= 15 is 0 Å². The van der Waals surface area contributed by atoms with Crippen LogP contribution in [-0.4, -0.2) is 48.1 Å². The van der Waals surface area contributed by atoms with Gasteiger partial charge in [-0.05, 0) is 37.3 Å². The molecule has 0 radical (unpaired) electrons. The predicted octanol–water partition coefficient (Wildman–Crippen LogP) is 4.88. The molecule has 0 aliphatic carbocycles. The number of aromatic nitrogens is 1. The Kier molecular flexibility index (Phi) is 5.58. The van der Waals surface area contributed by atoms with Crippen LogP contribution in [0, 0.1) is 6.92 Å². The molecular weight excluding hydrogens is 403 g/mol. The fourth-order valence-corrected chi connectivity index (χ4v) is 5.11. The van der Waals surface area contributed by atoms with E-state index in [1.165, 1.54) is 17.0 Å². The Bertz CT molecular complexity index is 989. The number of hydrogen-bond acceptors (Lipinski definition) is 4. The number of ketones is 1. The topological polar surface area (TPSA) is 34.5 Å². The number of benzene rings is 1. The molecule has 1 aliphatic rings. The third-order valence-corrected chi connectivity index (χ3v) is 6.64. The number of ether oxygens (including phenoxy) is 1. The standard InChI is InChI=1S/C20H20Cl2N2O2S/c1-13-10-14-11-18(19(25)16-3-2-15(21)12-17(16)22)27-20(14)24(13)5-4-23-6-8-26-9-7-23/h2-3,10-12H,4-9H2,1H3. The summed E-state index contributed by atoms with van der Waals surface area (Å²) >= 11 is 13.7. The first-order chi connectivity index (χ1) is 13.0. The summed E-state index contributed by atoms with van der Waals surface area (Å²) in [7, 11) is 0. The largest absolute Gasteiger partial charge is 0.379 e. The molecule has 0 unspecified atom stereocenters. The smallest absolute Gasteiger partial charge is 0.204 e. The summed E-state index contributed by atoms with van der Waals surface area (Å²) in [5.41, 5.74) is 1.70. The lowest BCUT2D eigenvalue weighted by atomic mass is 10.1. The van der Waals surface area contributed by atoms with Crippen molar-refractivity contribution >= 4 is 50.5 Å². The van der Waals surface area contributed by atoms with Crippen molar-refractivity contribution in [2.45, 2.75) is 13.5 Å². The molecule has 0 atom stereocenters. The molecule has 4 rings (SSSR count). The van der Waals surface area contributed by atoms with Crippen LogP contribution < -0.4 is 0 Å². The van der Waals surface area contributed by atoms with E-state index in [1.54, 1.807) is 18.2 Å². The Balaban J connectivity index is 1.58. The lowest BCUT2D eigenvalue weighted by molar-refractivity contribution is 0.0365. The maximum absolute atomic E-state index is 12.9. The van der Waals surface area contributed by atoms with Gasteiger partial charge in [-0.15, -0.1) is 11.3 Å². The van der Waals surface area contributed by atoms with E-state index in [9.17, 15) is 4.79 Å². The normalized spacial score (nSPS) is 15.5. The number of thiophene rings is 1. The Hall–Kier alpha value is -1.37. The molecule has 27 heavy (non-hydrogen) atoms. The first-order valence-electron chi connectivity index (χ1n) is 8.92. The molecule has 0 spiro atoms. The molecule has 0 amide bonds. The van der Waals surface area contributed by atoms with Gasteiger partial charge in [-0.2, -0.15) is 0 Å². The second-order valence-corrected chi connectivity index (χ2v) is 8.59. The summed E-state index contributed by atoms with van der Waals surface area (Å²) in [5, 5.41) is 2.02. The summed E-state index contributed by atoms with van der Waals surface area (Å²) in [6.07, 6.45) is 0. The Morgan fingerprint density at radius 1 is 1.15 bits per heavy atom. The van der Waals surface area contributed by atoms with Crippen LogP contribution in [0.1, 0.15) is 20.9 Å². The summed E-state index contributed by atoms with van der Waals surface area (Å²) in [4.78, 5) is 17.1. The third kappa shape index (κ3) is 3.93. The van der Waals surface area contributed by atoms with Gasteiger partial charge in [-0.25, -0.2) is 0 Å². The number of carbonyl (C=O) groups excluding carboxylic acids is 1. The van der Waals surface area contributed by atoms with E-state index in [-0.39, 0.29) is 5.78 Å². The second-order valence-electron chi connectivity index (χ2n) is 6.72. The summed E-state index contributed by atoms with van der Waals surface area (Å²) in [6, 6.07) is 9.10. The molecule has 3 aromatic rings. The van der Waals surface area contributed by atoms with E-state index in [2.05, 4.69) is 22.5 Å². The molecular formula is C20H20Cl2N2O2S. The first kappa shape index (κ1) is 19.0. The highest BCUT2D eigenvalue weighted by Crippen LogP contribution is 2.32. The average molecular weight is 423 g/mol. The van der Waals surface area contributed by atoms with Crippen LogP contribution in [0.2, 0.25) is 10.0 Å². The van der Waals surface area contributed by atoms with E-state index in [0.717, 1.165) is 49.6 Å². The van der Waals surface area contributed by atoms with Gasteiger partial charge in [0, 0.05) is 47.8 Å². The molecule has 142 valence electrons. The summed E-state index contributed by atoms with van der Waals surface area (Å²) in [6.45, 7) is 7.57. The third-order valence-electron chi connectivity index (χ3n) is 4.92. The van der Waals surface area contributed by atoms with Crippen LogP contribution in [0.4, 0.5) is 0 Å². The number of rotatable bonds is 5. The van der Waals surface area contributed by atoms with Crippen molar-refractivity contribution in [3.8, 4) is 0 Å². The zero-order valence-electron chi connectivity index (χ0n) is 15.0. The lowest BCUT2D eigenvalue weighted by Gasteiger charge is -2.26. The fourth-order valence-electron chi connectivity index (χ4n) is 3.44. The van der Waals surface area contributed by atoms with Gasteiger partial charge in [0.1, 0.15) is 4.83 Å². The number of fused-ring (bicyclic) bond motifs is 1. The minimum Gasteiger partial charge on any atom is -0.379 e. The molecule has 1 saturated heterocycles. The van der Waals surface area contributed by atoms with E-state index in [0.29, 0.717) is 20.5 Å².